The zero-order valence-electron chi connectivity index (χ0n) is 19.2. The third kappa shape index (κ3) is 5.39. The van der Waals surface area contributed by atoms with Crippen molar-refractivity contribution in [1.29, 1.82) is 0 Å². The van der Waals surface area contributed by atoms with Gasteiger partial charge >= 0.3 is 0 Å². The highest BCUT2D eigenvalue weighted by atomic mass is 32.2. The van der Waals surface area contributed by atoms with Gasteiger partial charge in [-0.05, 0) is 63.0 Å². The zero-order valence-corrected chi connectivity index (χ0v) is 20.0. The SMILES string of the molecule is COc1ccccc1C(CNC(=O)c1cccc(S(=O)(=O)N2CCCCC2)c1)N1CCCC1. The van der Waals surface area contributed by atoms with Crippen molar-refractivity contribution in [2.45, 2.75) is 43.0 Å². The first-order valence-corrected chi connectivity index (χ1v) is 13.2. The molecule has 2 aromatic rings. The van der Waals surface area contributed by atoms with E-state index in [-0.39, 0.29) is 16.8 Å². The van der Waals surface area contributed by atoms with E-state index >= 15 is 0 Å². The molecule has 2 fully saturated rings. The van der Waals surface area contributed by atoms with Crippen LogP contribution in [0.4, 0.5) is 0 Å². The Bertz CT molecular complexity index is 1060. The van der Waals surface area contributed by atoms with Crippen molar-refractivity contribution in [3.8, 4) is 5.75 Å². The number of piperidine rings is 1. The van der Waals surface area contributed by atoms with Gasteiger partial charge in [0.15, 0.2) is 0 Å². The van der Waals surface area contributed by atoms with Gasteiger partial charge in [-0.15, -0.1) is 0 Å². The highest BCUT2D eigenvalue weighted by Crippen LogP contribution is 2.31. The van der Waals surface area contributed by atoms with Crippen LogP contribution in [0.5, 0.6) is 5.75 Å². The number of carbonyl (C=O) groups excluding carboxylic acids is 1. The number of likely N-dealkylation sites (tertiary alicyclic amines) is 1. The van der Waals surface area contributed by atoms with Crippen LogP contribution in [0.3, 0.4) is 0 Å². The average Bonchev–Trinajstić information content (AvgIpc) is 3.39. The lowest BCUT2D eigenvalue weighted by Crippen LogP contribution is -2.37. The number of benzene rings is 2. The summed E-state index contributed by atoms with van der Waals surface area (Å²) in [6.45, 7) is 3.44. The van der Waals surface area contributed by atoms with Crippen molar-refractivity contribution in [3.63, 3.8) is 0 Å². The Morgan fingerprint density at radius 3 is 2.39 bits per heavy atom. The van der Waals surface area contributed by atoms with E-state index in [4.69, 9.17) is 4.74 Å². The fraction of sp³-hybridized carbons (Fsp3) is 0.480. The van der Waals surface area contributed by atoms with Crippen molar-refractivity contribution in [2.24, 2.45) is 0 Å². The second-order valence-electron chi connectivity index (χ2n) is 8.70. The van der Waals surface area contributed by atoms with E-state index in [2.05, 4.69) is 10.2 Å². The third-order valence-corrected chi connectivity index (χ3v) is 8.48. The highest BCUT2D eigenvalue weighted by molar-refractivity contribution is 7.89. The normalized spacial score (nSPS) is 18.7. The summed E-state index contributed by atoms with van der Waals surface area (Å²) in [5.41, 5.74) is 1.40. The van der Waals surface area contributed by atoms with Crippen molar-refractivity contribution >= 4 is 15.9 Å². The maximum Gasteiger partial charge on any atom is 0.251 e. The maximum absolute atomic E-state index is 13.0. The number of hydrogen-bond donors (Lipinski definition) is 1. The summed E-state index contributed by atoms with van der Waals surface area (Å²) in [4.78, 5) is 15.6. The first-order valence-electron chi connectivity index (χ1n) is 11.8. The summed E-state index contributed by atoms with van der Waals surface area (Å²) in [6.07, 6.45) is 5.07. The standard InChI is InChI=1S/C25H33N3O4S/c1-32-24-13-4-3-12-22(24)23(27-14-7-8-15-27)19-26-25(29)20-10-9-11-21(18-20)33(30,31)28-16-5-2-6-17-28/h3-4,9-13,18,23H,2,5-8,14-17,19H2,1H3,(H,26,29). The number of ether oxygens (including phenoxy) is 1. The quantitative estimate of drug-likeness (QED) is 0.638. The highest BCUT2D eigenvalue weighted by Gasteiger charge is 2.28. The number of rotatable bonds is 8. The minimum absolute atomic E-state index is 0.00661. The summed E-state index contributed by atoms with van der Waals surface area (Å²) >= 11 is 0. The molecular formula is C25H33N3O4S. The van der Waals surface area contributed by atoms with Gasteiger partial charge in [0.2, 0.25) is 10.0 Å². The van der Waals surface area contributed by atoms with Crippen LogP contribution in [0.25, 0.3) is 0 Å². The smallest absolute Gasteiger partial charge is 0.251 e. The topological polar surface area (TPSA) is 78.9 Å². The molecule has 0 spiro atoms. The van der Waals surface area contributed by atoms with Crippen LogP contribution >= 0.6 is 0 Å². The summed E-state index contributed by atoms with van der Waals surface area (Å²) in [7, 11) is -1.93. The minimum Gasteiger partial charge on any atom is -0.496 e. The van der Waals surface area contributed by atoms with Gasteiger partial charge in [0, 0.05) is 30.8 Å². The van der Waals surface area contributed by atoms with Crippen molar-refractivity contribution in [1.82, 2.24) is 14.5 Å². The molecule has 7 nitrogen and oxygen atoms in total. The average molecular weight is 472 g/mol. The maximum atomic E-state index is 13.0. The molecule has 0 radical (unpaired) electrons. The number of hydrogen-bond acceptors (Lipinski definition) is 5. The van der Waals surface area contributed by atoms with Crippen LogP contribution in [0.2, 0.25) is 0 Å². The second kappa shape index (κ2) is 10.7. The molecule has 178 valence electrons. The van der Waals surface area contributed by atoms with Crippen molar-refractivity contribution < 1.29 is 17.9 Å². The molecule has 1 N–H and O–H groups in total. The molecule has 1 amide bonds. The van der Waals surface area contributed by atoms with Gasteiger partial charge in [-0.2, -0.15) is 4.31 Å². The number of para-hydroxylation sites is 1. The van der Waals surface area contributed by atoms with E-state index in [0.29, 0.717) is 25.2 Å². The third-order valence-electron chi connectivity index (χ3n) is 6.58. The molecule has 8 heteroatoms. The van der Waals surface area contributed by atoms with Crippen LogP contribution in [0.1, 0.15) is 54.1 Å². The fourth-order valence-corrected chi connectivity index (χ4v) is 6.34. The molecule has 33 heavy (non-hydrogen) atoms. The predicted octanol–water partition coefficient (Wildman–Crippen LogP) is 3.44. The molecule has 2 saturated heterocycles. The number of nitrogens with zero attached hydrogens (tertiary/aromatic N) is 2. The van der Waals surface area contributed by atoms with Gasteiger partial charge in [0.25, 0.3) is 5.91 Å². The largest absolute Gasteiger partial charge is 0.496 e. The fourth-order valence-electron chi connectivity index (χ4n) is 4.77. The summed E-state index contributed by atoms with van der Waals surface area (Å²) < 4.78 is 33.2. The lowest BCUT2D eigenvalue weighted by atomic mass is 10.0. The Morgan fingerprint density at radius 2 is 1.67 bits per heavy atom. The second-order valence-corrected chi connectivity index (χ2v) is 10.6. The van der Waals surface area contributed by atoms with Gasteiger partial charge in [-0.1, -0.05) is 30.7 Å². The number of carbonyl (C=O) groups is 1. The van der Waals surface area contributed by atoms with Crippen LogP contribution in [-0.2, 0) is 10.0 Å². The van der Waals surface area contributed by atoms with E-state index in [1.165, 1.54) is 10.4 Å². The first-order chi connectivity index (χ1) is 16.0. The Hall–Kier alpha value is -2.42. The lowest BCUT2D eigenvalue weighted by Gasteiger charge is -2.29. The Labute approximate surface area is 196 Å². The van der Waals surface area contributed by atoms with Crippen LogP contribution < -0.4 is 10.1 Å². The zero-order chi connectivity index (χ0) is 23.3. The molecular weight excluding hydrogens is 438 g/mol. The van der Waals surface area contributed by atoms with Gasteiger partial charge in [-0.25, -0.2) is 8.42 Å². The Balaban J connectivity index is 1.50. The van der Waals surface area contributed by atoms with Crippen LogP contribution in [0, 0.1) is 0 Å². The summed E-state index contributed by atoms with van der Waals surface area (Å²) in [5, 5.41) is 3.04. The first kappa shape index (κ1) is 23.7. The van der Waals surface area contributed by atoms with Gasteiger partial charge < -0.3 is 10.1 Å². The van der Waals surface area contributed by atoms with E-state index < -0.39 is 10.0 Å². The van der Waals surface area contributed by atoms with Crippen LogP contribution in [-0.4, -0.2) is 63.4 Å². The Morgan fingerprint density at radius 1 is 0.970 bits per heavy atom. The molecule has 4 rings (SSSR count). The molecule has 2 heterocycles. The van der Waals surface area contributed by atoms with E-state index in [0.717, 1.165) is 56.5 Å². The van der Waals surface area contributed by atoms with E-state index in [9.17, 15) is 13.2 Å². The van der Waals surface area contributed by atoms with Crippen LogP contribution in [0.15, 0.2) is 53.4 Å². The van der Waals surface area contributed by atoms with E-state index in [1.54, 1.807) is 25.3 Å². The lowest BCUT2D eigenvalue weighted by molar-refractivity contribution is 0.0937. The number of nitrogens with one attached hydrogen (secondary N) is 1. The van der Waals surface area contributed by atoms with Crippen molar-refractivity contribution in [3.05, 3.63) is 59.7 Å². The molecule has 0 aromatic heterocycles. The number of sulfonamides is 1. The molecule has 0 bridgehead atoms. The molecule has 2 aliphatic heterocycles. The molecule has 1 atom stereocenters. The molecule has 2 aromatic carbocycles. The minimum atomic E-state index is -3.59. The van der Waals surface area contributed by atoms with Gasteiger partial charge in [0.1, 0.15) is 5.75 Å². The van der Waals surface area contributed by atoms with Crippen molar-refractivity contribution in [2.75, 3.05) is 39.8 Å². The van der Waals surface area contributed by atoms with Gasteiger partial charge in [-0.3, -0.25) is 9.69 Å². The monoisotopic (exact) mass is 471 g/mol. The molecule has 0 saturated carbocycles. The molecule has 1 unspecified atom stereocenters. The molecule has 2 aliphatic rings. The summed E-state index contributed by atoms with van der Waals surface area (Å²) in [6, 6.07) is 14.3. The summed E-state index contributed by atoms with van der Waals surface area (Å²) in [5.74, 6) is 0.531. The Kier molecular flexibility index (Phi) is 7.67. The predicted molar refractivity (Wildman–Crippen MR) is 128 cm³/mol. The number of amides is 1. The van der Waals surface area contributed by atoms with E-state index in [1.807, 2.05) is 24.3 Å². The molecule has 0 aliphatic carbocycles. The van der Waals surface area contributed by atoms with Gasteiger partial charge in [0.05, 0.1) is 18.0 Å². The number of methoxy groups -OCH3 is 1.